The van der Waals surface area contributed by atoms with Gasteiger partial charge in [0.25, 0.3) is 0 Å². The second kappa shape index (κ2) is 6.71. The van der Waals surface area contributed by atoms with Crippen molar-refractivity contribution in [3.8, 4) is 10.4 Å². The molecule has 24 heavy (non-hydrogen) atoms. The predicted molar refractivity (Wildman–Crippen MR) is 94.1 cm³/mol. The molecule has 0 saturated carbocycles. The Kier molecular flexibility index (Phi) is 5.23. The van der Waals surface area contributed by atoms with Crippen LogP contribution in [-0.4, -0.2) is 24.1 Å². The third-order valence-electron chi connectivity index (χ3n) is 4.39. The Morgan fingerprint density at radius 3 is 2.25 bits per heavy atom. The number of fused-ring (bicyclic) bond motifs is 1. The summed E-state index contributed by atoms with van der Waals surface area (Å²) in [7, 11) is -6.00. The summed E-state index contributed by atoms with van der Waals surface area (Å²) in [5.74, 6) is 0. The normalized spacial score (nSPS) is 15.8. The lowest BCUT2D eigenvalue weighted by Gasteiger charge is -2.15. The van der Waals surface area contributed by atoms with Crippen molar-refractivity contribution in [2.75, 3.05) is 6.54 Å². The second-order valence-corrected chi connectivity index (χ2v) is 7.11. The molecule has 1 aliphatic heterocycles. The molecule has 0 saturated heterocycles. The standard InChI is InChI=1S/C17H20NS.BF4/c1-5-18-12(2)17(3,4)14-11-13(8-9-15(14)18)16-7-6-10-19-16;2-1(3,4)5/h6-11H,5H2,1-4H3;/q+1;-1. The Morgan fingerprint density at radius 2 is 1.75 bits per heavy atom. The Hall–Kier alpha value is -1.63. The van der Waals surface area contributed by atoms with Crippen LogP contribution in [0.15, 0.2) is 35.7 Å². The SMILES string of the molecule is CC[N+]1=C(C)C(C)(C)c2cc(-c3cccs3)ccc21.F[B-](F)(F)F. The van der Waals surface area contributed by atoms with Crippen molar-refractivity contribution in [2.45, 2.75) is 33.1 Å². The van der Waals surface area contributed by atoms with Crippen molar-refractivity contribution >= 4 is 30.0 Å². The molecule has 0 unspecified atom stereocenters. The van der Waals surface area contributed by atoms with Crippen LogP contribution < -0.4 is 0 Å². The number of benzene rings is 1. The molecule has 1 aliphatic rings. The third kappa shape index (κ3) is 3.88. The Morgan fingerprint density at radius 1 is 1.12 bits per heavy atom. The van der Waals surface area contributed by atoms with E-state index >= 15 is 0 Å². The molecule has 1 aromatic carbocycles. The number of hydrogen-bond acceptors (Lipinski definition) is 1. The molecule has 1 nitrogen and oxygen atoms in total. The van der Waals surface area contributed by atoms with E-state index in [1.165, 1.54) is 27.4 Å². The topological polar surface area (TPSA) is 3.01 Å². The molecule has 0 bridgehead atoms. The van der Waals surface area contributed by atoms with Gasteiger partial charge in [0, 0.05) is 23.4 Å². The van der Waals surface area contributed by atoms with E-state index in [0.29, 0.717) is 0 Å². The average Bonchev–Trinajstić information content (AvgIpc) is 3.05. The molecule has 0 fully saturated rings. The summed E-state index contributed by atoms with van der Waals surface area (Å²) in [6.07, 6.45) is 0. The summed E-state index contributed by atoms with van der Waals surface area (Å²) >= 11 is 1.81. The molecule has 2 heterocycles. The molecule has 0 spiro atoms. The largest absolute Gasteiger partial charge is 0.673 e. The molecule has 3 rings (SSSR count). The van der Waals surface area contributed by atoms with Gasteiger partial charge in [-0.15, -0.1) is 11.3 Å². The zero-order chi connectivity index (χ0) is 18.1. The number of thiophene rings is 1. The Bertz CT molecular complexity index is 742. The minimum Gasteiger partial charge on any atom is -0.418 e. The van der Waals surface area contributed by atoms with Gasteiger partial charge in [0.15, 0.2) is 5.71 Å². The monoisotopic (exact) mass is 357 g/mol. The molecule has 0 amide bonds. The van der Waals surface area contributed by atoms with Gasteiger partial charge in [-0.05, 0) is 49.9 Å². The molecule has 0 radical (unpaired) electrons. The van der Waals surface area contributed by atoms with Gasteiger partial charge in [-0.2, -0.15) is 4.58 Å². The molecular weight excluding hydrogens is 337 g/mol. The summed E-state index contributed by atoms with van der Waals surface area (Å²) < 4.78 is 41.4. The van der Waals surface area contributed by atoms with Crippen molar-refractivity contribution < 1.29 is 21.8 Å². The third-order valence-corrected chi connectivity index (χ3v) is 5.31. The highest BCUT2D eigenvalue weighted by Crippen LogP contribution is 2.41. The van der Waals surface area contributed by atoms with Crippen LogP contribution >= 0.6 is 11.3 Å². The smallest absolute Gasteiger partial charge is 0.418 e. The minimum atomic E-state index is -6.00. The van der Waals surface area contributed by atoms with Crippen molar-refractivity contribution in [1.82, 2.24) is 0 Å². The van der Waals surface area contributed by atoms with E-state index in [1.807, 2.05) is 11.3 Å². The van der Waals surface area contributed by atoms with Gasteiger partial charge in [-0.1, -0.05) is 6.07 Å². The highest BCUT2D eigenvalue weighted by molar-refractivity contribution is 7.13. The summed E-state index contributed by atoms with van der Waals surface area (Å²) in [5, 5.41) is 2.14. The van der Waals surface area contributed by atoms with Gasteiger partial charge < -0.3 is 17.3 Å². The van der Waals surface area contributed by atoms with Gasteiger partial charge in [-0.3, -0.25) is 0 Å². The fraction of sp³-hybridized carbons (Fsp3) is 0.353. The van der Waals surface area contributed by atoms with E-state index in [-0.39, 0.29) is 5.41 Å². The lowest BCUT2D eigenvalue weighted by Crippen LogP contribution is -2.26. The first-order valence-corrected chi connectivity index (χ1v) is 8.61. The van der Waals surface area contributed by atoms with Gasteiger partial charge in [0.2, 0.25) is 5.69 Å². The van der Waals surface area contributed by atoms with E-state index in [4.69, 9.17) is 0 Å². The molecule has 0 atom stereocenters. The molecule has 130 valence electrons. The van der Waals surface area contributed by atoms with Crippen molar-refractivity contribution in [3.05, 3.63) is 41.3 Å². The number of halogens is 4. The molecule has 2 aromatic rings. The van der Waals surface area contributed by atoms with Gasteiger partial charge in [0.05, 0.1) is 5.41 Å². The molecule has 0 aliphatic carbocycles. The lowest BCUT2D eigenvalue weighted by molar-refractivity contribution is -0.434. The lowest BCUT2D eigenvalue weighted by atomic mass is 9.81. The van der Waals surface area contributed by atoms with Gasteiger partial charge >= 0.3 is 7.25 Å². The van der Waals surface area contributed by atoms with Crippen molar-refractivity contribution in [1.29, 1.82) is 0 Å². The predicted octanol–water partition coefficient (Wildman–Crippen LogP) is 6.13. The number of rotatable bonds is 2. The first-order valence-electron chi connectivity index (χ1n) is 7.73. The molecule has 1 aromatic heterocycles. The van der Waals surface area contributed by atoms with E-state index in [1.54, 1.807) is 0 Å². The van der Waals surface area contributed by atoms with E-state index in [9.17, 15) is 17.3 Å². The van der Waals surface area contributed by atoms with E-state index in [0.717, 1.165) is 6.54 Å². The summed E-state index contributed by atoms with van der Waals surface area (Å²) in [5.41, 5.74) is 5.77. The fourth-order valence-electron chi connectivity index (χ4n) is 2.99. The van der Waals surface area contributed by atoms with Crippen LogP contribution in [-0.2, 0) is 5.41 Å². The van der Waals surface area contributed by atoms with E-state index in [2.05, 4.69) is 68.0 Å². The van der Waals surface area contributed by atoms with Crippen LogP contribution in [0.2, 0.25) is 0 Å². The first-order chi connectivity index (χ1) is 11.1. The van der Waals surface area contributed by atoms with Crippen LogP contribution in [0.3, 0.4) is 0 Å². The average molecular weight is 357 g/mol. The Labute approximate surface area is 143 Å². The quantitative estimate of drug-likeness (QED) is 0.345. The molecule has 0 N–H and O–H groups in total. The van der Waals surface area contributed by atoms with Crippen LogP contribution in [0.1, 0.15) is 33.3 Å². The van der Waals surface area contributed by atoms with Crippen LogP contribution in [0.25, 0.3) is 10.4 Å². The van der Waals surface area contributed by atoms with Crippen molar-refractivity contribution in [2.24, 2.45) is 0 Å². The Balaban J connectivity index is 0.000000368. The van der Waals surface area contributed by atoms with Gasteiger partial charge in [0.1, 0.15) is 6.54 Å². The van der Waals surface area contributed by atoms with Crippen molar-refractivity contribution in [3.63, 3.8) is 0 Å². The maximum atomic E-state index is 9.75. The second-order valence-electron chi connectivity index (χ2n) is 6.16. The van der Waals surface area contributed by atoms with Crippen LogP contribution in [0.5, 0.6) is 0 Å². The number of nitrogens with zero attached hydrogens (tertiary/aromatic N) is 1. The van der Waals surface area contributed by atoms with Crippen LogP contribution in [0.4, 0.5) is 23.0 Å². The zero-order valence-electron chi connectivity index (χ0n) is 14.1. The highest BCUT2D eigenvalue weighted by Gasteiger charge is 2.42. The summed E-state index contributed by atoms with van der Waals surface area (Å²) in [6.45, 7) is 10.2. The van der Waals surface area contributed by atoms with Gasteiger partial charge in [-0.25, -0.2) is 0 Å². The van der Waals surface area contributed by atoms with Crippen LogP contribution in [0, 0.1) is 0 Å². The molecular formula is C17H20BF4NS. The molecule has 7 heteroatoms. The zero-order valence-corrected chi connectivity index (χ0v) is 14.9. The summed E-state index contributed by atoms with van der Waals surface area (Å²) in [4.78, 5) is 1.35. The maximum absolute atomic E-state index is 9.75. The van der Waals surface area contributed by atoms with E-state index < -0.39 is 7.25 Å². The maximum Gasteiger partial charge on any atom is 0.673 e. The number of hydrogen-bond donors (Lipinski definition) is 0. The summed E-state index contributed by atoms with van der Waals surface area (Å²) in [6, 6.07) is 11.2. The fourth-order valence-corrected chi connectivity index (χ4v) is 3.71. The first kappa shape index (κ1) is 18.7. The highest BCUT2D eigenvalue weighted by atomic mass is 32.1. The minimum absolute atomic E-state index is 0.138.